The van der Waals surface area contributed by atoms with E-state index in [-0.39, 0.29) is 0 Å². The van der Waals surface area contributed by atoms with Gasteiger partial charge >= 0.3 is 0 Å². The first-order chi connectivity index (χ1) is 9.36. The summed E-state index contributed by atoms with van der Waals surface area (Å²) in [6, 6.07) is 18.3. The van der Waals surface area contributed by atoms with Crippen molar-refractivity contribution in [2.24, 2.45) is 0 Å². The van der Waals surface area contributed by atoms with E-state index < -0.39 is 0 Å². The van der Waals surface area contributed by atoms with Crippen LogP contribution in [0.4, 0.5) is 5.69 Å². The number of halogens is 1. The molecule has 0 heterocycles. The first kappa shape index (κ1) is 13.9. The van der Waals surface area contributed by atoms with Crippen molar-refractivity contribution in [2.75, 3.05) is 25.0 Å². The molecule has 0 unspecified atom stereocenters. The van der Waals surface area contributed by atoms with Crippen LogP contribution in [0.3, 0.4) is 0 Å². The van der Waals surface area contributed by atoms with Gasteiger partial charge in [-0.3, -0.25) is 0 Å². The quantitative estimate of drug-likeness (QED) is 0.754. The first-order valence-electron chi connectivity index (χ1n) is 6.59. The second-order valence-corrected chi connectivity index (χ2v) is 4.80. The molecule has 0 radical (unpaired) electrons. The maximum absolute atomic E-state index is 6.06. The third kappa shape index (κ3) is 4.93. The average molecular weight is 275 g/mol. The van der Waals surface area contributed by atoms with E-state index >= 15 is 0 Å². The second kappa shape index (κ2) is 7.82. The normalized spacial score (nSPS) is 10.4. The van der Waals surface area contributed by atoms with E-state index in [1.54, 1.807) is 0 Å². The van der Waals surface area contributed by atoms with Gasteiger partial charge in [0.15, 0.2) is 0 Å². The topological polar surface area (TPSA) is 24.1 Å². The van der Waals surface area contributed by atoms with Crippen LogP contribution in [0.15, 0.2) is 54.6 Å². The summed E-state index contributed by atoms with van der Waals surface area (Å²) >= 11 is 6.06. The van der Waals surface area contributed by atoms with Crippen LogP contribution in [0.5, 0.6) is 0 Å². The maximum Gasteiger partial charge on any atom is 0.0637 e. The summed E-state index contributed by atoms with van der Waals surface area (Å²) in [4.78, 5) is 0. The summed E-state index contributed by atoms with van der Waals surface area (Å²) in [6.07, 6.45) is 1.06. The molecule has 0 aliphatic carbocycles. The predicted molar refractivity (Wildman–Crippen MR) is 83.0 cm³/mol. The molecule has 0 aliphatic heterocycles. The molecular weight excluding hydrogens is 256 g/mol. The highest BCUT2D eigenvalue weighted by Crippen LogP contribution is 2.19. The molecule has 0 atom stereocenters. The molecule has 2 rings (SSSR count). The van der Waals surface area contributed by atoms with Crippen molar-refractivity contribution in [3.63, 3.8) is 0 Å². The van der Waals surface area contributed by atoms with Crippen LogP contribution in [0.1, 0.15) is 5.56 Å². The molecule has 3 heteroatoms. The van der Waals surface area contributed by atoms with Crippen LogP contribution >= 0.6 is 11.6 Å². The third-order valence-corrected chi connectivity index (χ3v) is 3.25. The SMILES string of the molecule is Clc1ccccc1NCCNCCc1ccccc1. The van der Waals surface area contributed by atoms with Crippen molar-refractivity contribution in [2.45, 2.75) is 6.42 Å². The highest BCUT2D eigenvalue weighted by molar-refractivity contribution is 6.33. The van der Waals surface area contributed by atoms with Crippen LogP contribution < -0.4 is 10.6 Å². The fourth-order valence-electron chi connectivity index (χ4n) is 1.89. The summed E-state index contributed by atoms with van der Waals surface area (Å²) in [6.45, 7) is 2.80. The van der Waals surface area contributed by atoms with Gasteiger partial charge in [-0.1, -0.05) is 54.1 Å². The van der Waals surface area contributed by atoms with Gasteiger partial charge in [-0.2, -0.15) is 0 Å². The minimum atomic E-state index is 0.770. The molecule has 0 saturated carbocycles. The van der Waals surface area contributed by atoms with Gasteiger partial charge in [0.1, 0.15) is 0 Å². The Morgan fingerprint density at radius 2 is 1.53 bits per heavy atom. The lowest BCUT2D eigenvalue weighted by molar-refractivity contribution is 0.699. The number of nitrogens with one attached hydrogen (secondary N) is 2. The zero-order chi connectivity index (χ0) is 13.3. The van der Waals surface area contributed by atoms with E-state index in [9.17, 15) is 0 Å². The van der Waals surface area contributed by atoms with Gasteiger partial charge in [0.05, 0.1) is 10.7 Å². The zero-order valence-electron chi connectivity index (χ0n) is 10.9. The molecular formula is C16H19ClN2. The molecule has 0 saturated heterocycles. The van der Waals surface area contributed by atoms with Crippen molar-refractivity contribution in [3.05, 3.63) is 65.2 Å². The molecule has 0 aliphatic rings. The smallest absolute Gasteiger partial charge is 0.0637 e. The molecule has 0 fully saturated rings. The van der Waals surface area contributed by atoms with Crippen LogP contribution in [-0.2, 0) is 6.42 Å². The van der Waals surface area contributed by atoms with E-state index in [4.69, 9.17) is 11.6 Å². The number of benzene rings is 2. The van der Waals surface area contributed by atoms with E-state index in [2.05, 4.69) is 34.9 Å². The number of rotatable bonds is 7. The summed E-state index contributed by atoms with van der Waals surface area (Å²) in [7, 11) is 0. The van der Waals surface area contributed by atoms with Gasteiger partial charge in [0, 0.05) is 13.1 Å². The first-order valence-corrected chi connectivity index (χ1v) is 6.97. The minimum absolute atomic E-state index is 0.770. The van der Waals surface area contributed by atoms with Crippen molar-refractivity contribution in [1.82, 2.24) is 5.32 Å². The molecule has 2 N–H and O–H groups in total. The van der Waals surface area contributed by atoms with E-state index in [0.717, 1.165) is 36.8 Å². The molecule has 2 aromatic carbocycles. The number of hydrogen-bond acceptors (Lipinski definition) is 2. The molecule has 0 spiro atoms. The lowest BCUT2D eigenvalue weighted by Crippen LogP contribution is -2.24. The maximum atomic E-state index is 6.06. The molecule has 0 bridgehead atoms. The van der Waals surface area contributed by atoms with Crippen molar-refractivity contribution < 1.29 is 0 Å². The van der Waals surface area contributed by atoms with Crippen molar-refractivity contribution in [3.8, 4) is 0 Å². The highest BCUT2D eigenvalue weighted by atomic mass is 35.5. The standard InChI is InChI=1S/C16H19ClN2/c17-15-8-4-5-9-16(15)19-13-12-18-11-10-14-6-2-1-3-7-14/h1-9,18-19H,10-13H2. The monoisotopic (exact) mass is 274 g/mol. The Bertz CT molecular complexity index is 485. The number of anilines is 1. The Balaban J connectivity index is 1.59. The van der Waals surface area contributed by atoms with Gasteiger partial charge in [-0.15, -0.1) is 0 Å². The Labute approximate surface area is 119 Å². The van der Waals surface area contributed by atoms with E-state index in [1.165, 1.54) is 5.56 Å². The van der Waals surface area contributed by atoms with Crippen LogP contribution in [-0.4, -0.2) is 19.6 Å². The molecule has 100 valence electrons. The average Bonchev–Trinajstić information content (AvgIpc) is 2.45. The van der Waals surface area contributed by atoms with Gasteiger partial charge in [0.2, 0.25) is 0 Å². The summed E-state index contributed by atoms with van der Waals surface area (Å²) in [5.41, 5.74) is 2.36. The Morgan fingerprint density at radius 3 is 2.32 bits per heavy atom. The molecule has 0 amide bonds. The summed E-state index contributed by atoms with van der Waals surface area (Å²) in [5.74, 6) is 0. The highest BCUT2D eigenvalue weighted by Gasteiger charge is 1.96. The third-order valence-electron chi connectivity index (χ3n) is 2.92. The van der Waals surface area contributed by atoms with Crippen LogP contribution in [0.25, 0.3) is 0 Å². The molecule has 19 heavy (non-hydrogen) atoms. The van der Waals surface area contributed by atoms with Crippen molar-refractivity contribution >= 4 is 17.3 Å². The van der Waals surface area contributed by atoms with Gasteiger partial charge in [-0.25, -0.2) is 0 Å². The van der Waals surface area contributed by atoms with Gasteiger partial charge in [0.25, 0.3) is 0 Å². The molecule has 2 aromatic rings. The van der Waals surface area contributed by atoms with Crippen LogP contribution in [0, 0.1) is 0 Å². The minimum Gasteiger partial charge on any atom is -0.383 e. The van der Waals surface area contributed by atoms with Gasteiger partial charge < -0.3 is 10.6 Å². The lowest BCUT2D eigenvalue weighted by Gasteiger charge is -2.09. The van der Waals surface area contributed by atoms with E-state index in [0.29, 0.717) is 0 Å². The predicted octanol–water partition coefficient (Wildman–Crippen LogP) is 3.58. The summed E-state index contributed by atoms with van der Waals surface area (Å²) < 4.78 is 0. The van der Waals surface area contributed by atoms with Crippen molar-refractivity contribution in [1.29, 1.82) is 0 Å². The largest absolute Gasteiger partial charge is 0.383 e. The van der Waals surface area contributed by atoms with Gasteiger partial charge in [-0.05, 0) is 30.7 Å². The van der Waals surface area contributed by atoms with E-state index in [1.807, 2.05) is 30.3 Å². The Morgan fingerprint density at radius 1 is 0.789 bits per heavy atom. The number of para-hydroxylation sites is 1. The summed E-state index contributed by atoms with van der Waals surface area (Å²) in [5, 5.41) is 7.51. The second-order valence-electron chi connectivity index (χ2n) is 4.39. The number of hydrogen-bond donors (Lipinski definition) is 2. The lowest BCUT2D eigenvalue weighted by atomic mass is 10.1. The zero-order valence-corrected chi connectivity index (χ0v) is 11.7. The Hall–Kier alpha value is -1.51. The fourth-order valence-corrected chi connectivity index (χ4v) is 2.10. The van der Waals surface area contributed by atoms with Crippen LogP contribution in [0.2, 0.25) is 5.02 Å². The molecule has 0 aromatic heterocycles. The fraction of sp³-hybridized carbons (Fsp3) is 0.250. The molecule has 2 nitrogen and oxygen atoms in total. The Kier molecular flexibility index (Phi) is 5.73.